The Morgan fingerprint density at radius 3 is 1.02 bits per heavy atom. The van der Waals surface area contributed by atoms with E-state index in [-0.39, 0.29) is 11.8 Å². The number of Topliss-reactive ketones (excluding diaryl/α,β-unsaturated/α-hetero) is 1. The van der Waals surface area contributed by atoms with Crippen LogP contribution in [0.2, 0.25) is 0 Å². The first kappa shape index (κ1) is 33.5. The van der Waals surface area contributed by atoms with Gasteiger partial charge < -0.3 is 5.32 Å². The summed E-state index contributed by atoms with van der Waals surface area (Å²) in [6, 6.07) is 64.1. The van der Waals surface area contributed by atoms with Crippen LogP contribution in [0.5, 0.6) is 0 Å². The highest BCUT2D eigenvalue weighted by Crippen LogP contribution is 2.50. The fraction of sp³-hybridized carbons (Fsp3) is 0.159. The maximum atomic E-state index is 13.2. The summed E-state index contributed by atoms with van der Waals surface area (Å²) in [4.78, 5) is 13.2. The molecule has 0 amide bonds. The highest BCUT2D eigenvalue weighted by Gasteiger charge is 2.39. The summed E-state index contributed by atoms with van der Waals surface area (Å²) in [5.74, 6) is 1.59. The molecule has 240 valence electrons. The van der Waals surface area contributed by atoms with Crippen LogP contribution in [0, 0.1) is 0 Å². The van der Waals surface area contributed by atoms with Crippen molar-refractivity contribution in [1.82, 2.24) is 5.32 Å². The fourth-order valence-electron chi connectivity index (χ4n) is 6.50. The Balaban J connectivity index is 1.27. The van der Waals surface area contributed by atoms with E-state index in [1.165, 1.54) is 33.4 Å². The number of benzene rings is 6. The molecule has 6 aromatic rings. The molecule has 0 aliphatic rings. The number of hydrogen-bond acceptors (Lipinski definition) is 4. The normalized spacial score (nSPS) is 12.4. The Bertz CT molecular complexity index is 1640. The zero-order valence-electron chi connectivity index (χ0n) is 27.2. The van der Waals surface area contributed by atoms with Crippen LogP contribution in [0.1, 0.15) is 40.3 Å². The van der Waals surface area contributed by atoms with Gasteiger partial charge in [0.05, 0.1) is 15.5 Å². The highest BCUT2D eigenvalue weighted by atomic mass is 32.2. The monoisotopic (exact) mass is 663 g/mol. The second-order valence-electron chi connectivity index (χ2n) is 11.8. The van der Waals surface area contributed by atoms with Crippen molar-refractivity contribution in [2.45, 2.75) is 22.5 Å². The Morgan fingerprint density at radius 1 is 0.479 bits per heavy atom. The molecule has 1 unspecified atom stereocenters. The second kappa shape index (κ2) is 16.2. The Kier molecular flexibility index (Phi) is 11.3. The number of carbonyl (C=O) groups excluding carboxylic acids is 1. The predicted molar refractivity (Wildman–Crippen MR) is 206 cm³/mol. The molecule has 0 saturated heterocycles. The molecule has 4 heteroatoms. The lowest BCUT2D eigenvalue weighted by atomic mass is 9.84. The SMILES string of the molecule is CC(=O)C(CSC(c1ccccc1)(c1ccccc1)c1ccccc1)NCCSC(c1ccccc1)(c1ccccc1)c1ccccc1. The molecule has 0 radical (unpaired) electrons. The Labute approximate surface area is 294 Å². The van der Waals surface area contributed by atoms with Gasteiger partial charge in [0.25, 0.3) is 0 Å². The van der Waals surface area contributed by atoms with Gasteiger partial charge in [0, 0.05) is 18.1 Å². The van der Waals surface area contributed by atoms with Gasteiger partial charge in [0.2, 0.25) is 0 Å². The van der Waals surface area contributed by atoms with Crippen LogP contribution in [0.4, 0.5) is 0 Å². The first-order valence-corrected chi connectivity index (χ1v) is 18.5. The molecule has 6 aromatic carbocycles. The molecule has 0 heterocycles. The summed E-state index contributed by atoms with van der Waals surface area (Å²) in [5, 5.41) is 3.68. The lowest BCUT2D eigenvalue weighted by molar-refractivity contribution is -0.118. The number of nitrogens with one attached hydrogen (secondary N) is 1. The predicted octanol–water partition coefficient (Wildman–Crippen LogP) is 9.98. The quantitative estimate of drug-likeness (QED) is 0.0875. The summed E-state index contributed by atoms with van der Waals surface area (Å²) in [6.45, 7) is 2.40. The molecular weight excluding hydrogens is 623 g/mol. The number of hydrogen-bond donors (Lipinski definition) is 1. The third kappa shape index (κ3) is 7.22. The number of ketones is 1. The summed E-state index contributed by atoms with van der Waals surface area (Å²) in [6.07, 6.45) is 0. The molecular formula is C44H41NOS2. The molecule has 6 rings (SSSR count). The lowest BCUT2D eigenvalue weighted by Gasteiger charge is -2.37. The van der Waals surface area contributed by atoms with E-state index in [4.69, 9.17) is 0 Å². The zero-order valence-corrected chi connectivity index (χ0v) is 28.9. The van der Waals surface area contributed by atoms with Crippen molar-refractivity contribution in [3.63, 3.8) is 0 Å². The smallest absolute Gasteiger partial charge is 0.147 e. The molecule has 0 bridgehead atoms. The van der Waals surface area contributed by atoms with Gasteiger partial charge in [-0.25, -0.2) is 0 Å². The Hall–Kier alpha value is -4.35. The van der Waals surface area contributed by atoms with E-state index in [1.54, 1.807) is 6.92 Å². The van der Waals surface area contributed by atoms with Crippen molar-refractivity contribution >= 4 is 29.3 Å². The lowest BCUT2D eigenvalue weighted by Crippen LogP contribution is -2.41. The maximum Gasteiger partial charge on any atom is 0.147 e. The molecule has 0 spiro atoms. The summed E-state index contributed by atoms with van der Waals surface area (Å²) < 4.78 is -0.869. The van der Waals surface area contributed by atoms with Gasteiger partial charge in [0.1, 0.15) is 5.78 Å². The van der Waals surface area contributed by atoms with Gasteiger partial charge in [-0.15, -0.1) is 23.5 Å². The van der Waals surface area contributed by atoms with Gasteiger partial charge in [-0.05, 0) is 40.3 Å². The molecule has 2 nitrogen and oxygen atoms in total. The molecule has 1 N–H and O–H groups in total. The third-order valence-electron chi connectivity index (χ3n) is 8.85. The number of thioether (sulfide) groups is 2. The second-order valence-corrected chi connectivity index (χ2v) is 14.4. The molecule has 0 aliphatic carbocycles. The summed E-state index contributed by atoms with van der Waals surface area (Å²) in [7, 11) is 0. The minimum atomic E-state index is -0.475. The van der Waals surface area contributed by atoms with Gasteiger partial charge in [0.15, 0.2) is 0 Å². The van der Waals surface area contributed by atoms with Crippen LogP contribution in [-0.4, -0.2) is 29.9 Å². The third-order valence-corrected chi connectivity index (χ3v) is 12.0. The van der Waals surface area contributed by atoms with Crippen LogP contribution >= 0.6 is 23.5 Å². The van der Waals surface area contributed by atoms with Crippen LogP contribution in [0.25, 0.3) is 0 Å². The maximum absolute atomic E-state index is 13.2. The summed E-state index contributed by atoms with van der Waals surface area (Å²) >= 11 is 3.74. The van der Waals surface area contributed by atoms with E-state index < -0.39 is 9.49 Å². The van der Waals surface area contributed by atoms with Crippen molar-refractivity contribution in [2.24, 2.45) is 0 Å². The highest BCUT2D eigenvalue weighted by molar-refractivity contribution is 8.01. The molecule has 48 heavy (non-hydrogen) atoms. The first-order chi connectivity index (χ1) is 23.6. The average Bonchev–Trinajstić information content (AvgIpc) is 3.16. The molecule has 1 atom stereocenters. The minimum Gasteiger partial charge on any atom is -0.306 e. The van der Waals surface area contributed by atoms with E-state index in [2.05, 4.69) is 187 Å². The van der Waals surface area contributed by atoms with E-state index in [0.29, 0.717) is 12.3 Å². The largest absolute Gasteiger partial charge is 0.306 e. The van der Waals surface area contributed by atoms with Crippen molar-refractivity contribution in [1.29, 1.82) is 0 Å². The topological polar surface area (TPSA) is 29.1 Å². The van der Waals surface area contributed by atoms with Gasteiger partial charge in [-0.1, -0.05) is 182 Å². The van der Waals surface area contributed by atoms with Crippen LogP contribution in [0.15, 0.2) is 182 Å². The van der Waals surface area contributed by atoms with Gasteiger partial charge in [-0.2, -0.15) is 0 Å². The minimum absolute atomic E-state index is 0.149. The van der Waals surface area contributed by atoms with Crippen LogP contribution < -0.4 is 5.32 Å². The average molecular weight is 664 g/mol. The molecule has 0 saturated carbocycles. The van der Waals surface area contributed by atoms with E-state index >= 15 is 0 Å². The van der Waals surface area contributed by atoms with Gasteiger partial charge >= 0.3 is 0 Å². The molecule has 0 fully saturated rings. The van der Waals surface area contributed by atoms with Crippen LogP contribution in [-0.2, 0) is 14.3 Å². The van der Waals surface area contributed by atoms with Gasteiger partial charge in [-0.3, -0.25) is 4.79 Å². The fourth-order valence-corrected chi connectivity index (χ4v) is 9.61. The Morgan fingerprint density at radius 2 is 0.750 bits per heavy atom. The van der Waals surface area contributed by atoms with E-state index in [1.807, 2.05) is 23.5 Å². The van der Waals surface area contributed by atoms with E-state index in [0.717, 1.165) is 5.75 Å². The molecule has 0 aliphatic heterocycles. The van der Waals surface area contributed by atoms with Crippen LogP contribution in [0.3, 0.4) is 0 Å². The number of rotatable bonds is 15. The number of carbonyl (C=O) groups is 1. The van der Waals surface area contributed by atoms with Crippen molar-refractivity contribution in [3.05, 3.63) is 215 Å². The molecule has 0 aromatic heterocycles. The van der Waals surface area contributed by atoms with Crippen molar-refractivity contribution in [2.75, 3.05) is 18.1 Å². The zero-order chi connectivity index (χ0) is 33.1. The van der Waals surface area contributed by atoms with E-state index in [9.17, 15) is 4.79 Å². The van der Waals surface area contributed by atoms with Crippen molar-refractivity contribution in [3.8, 4) is 0 Å². The summed E-state index contributed by atoms with van der Waals surface area (Å²) in [5.41, 5.74) is 7.31. The standard InChI is InChI=1S/C44H41NOS2/c1-35(46)42(34-48-44(39-26-14-5-15-27-39,40-28-16-6-17-29-40)41-30-18-7-19-31-41)45-32-33-47-43(36-20-8-2-9-21-36,37-22-10-3-11-23-37)38-24-12-4-13-25-38/h2-31,42,45H,32-34H2,1H3. The first-order valence-electron chi connectivity index (χ1n) is 16.5. The van der Waals surface area contributed by atoms with Crippen molar-refractivity contribution < 1.29 is 4.79 Å².